The number of ether oxygens (including phenoxy) is 1. The van der Waals surface area contributed by atoms with Gasteiger partial charge in [0.2, 0.25) is 5.88 Å². The minimum Gasteiger partial charge on any atom is -0.476 e. The highest BCUT2D eigenvalue weighted by Gasteiger charge is 2.07. The van der Waals surface area contributed by atoms with Crippen LogP contribution in [0.1, 0.15) is 13.8 Å². The molecule has 0 unspecified atom stereocenters. The molecule has 6 nitrogen and oxygen atoms in total. The Labute approximate surface area is 93.8 Å². The maximum Gasteiger partial charge on any atom is 0.276 e. The second-order valence-electron chi connectivity index (χ2n) is 3.57. The maximum absolute atomic E-state index is 10.5. The van der Waals surface area contributed by atoms with E-state index in [1.807, 2.05) is 13.8 Å². The van der Waals surface area contributed by atoms with Gasteiger partial charge in [0, 0.05) is 24.8 Å². The number of nitrogens with zero attached hydrogens (tertiary/aromatic N) is 2. The summed E-state index contributed by atoms with van der Waals surface area (Å²) in [4.78, 5) is 13.9. The van der Waals surface area contributed by atoms with Crippen molar-refractivity contribution in [2.45, 2.75) is 19.9 Å². The topological polar surface area (TPSA) is 77.3 Å². The Bertz CT molecular complexity index is 355. The molecule has 0 aliphatic rings. The van der Waals surface area contributed by atoms with Crippen LogP contribution in [0.3, 0.4) is 0 Å². The predicted octanol–water partition coefficient (Wildman–Crippen LogP) is 1.37. The van der Waals surface area contributed by atoms with Crippen LogP contribution in [-0.2, 0) is 0 Å². The van der Waals surface area contributed by atoms with Crippen molar-refractivity contribution in [1.82, 2.24) is 10.3 Å². The minimum absolute atomic E-state index is 0.0122. The first-order chi connectivity index (χ1) is 7.59. The molecule has 0 aliphatic carbocycles. The smallest absolute Gasteiger partial charge is 0.276 e. The molecule has 0 fully saturated rings. The van der Waals surface area contributed by atoms with Gasteiger partial charge in [0.15, 0.2) is 0 Å². The van der Waals surface area contributed by atoms with Crippen LogP contribution < -0.4 is 10.1 Å². The van der Waals surface area contributed by atoms with Crippen LogP contribution in [0, 0.1) is 10.1 Å². The van der Waals surface area contributed by atoms with Gasteiger partial charge in [-0.25, -0.2) is 4.98 Å². The molecular weight excluding hydrogens is 210 g/mol. The van der Waals surface area contributed by atoms with E-state index in [2.05, 4.69) is 10.3 Å². The van der Waals surface area contributed by atoms with Crippen molar-refractivity contribution >= 4 is 5.69 Å². The van der Waals surface area contributed by atoms with E-state index < -0.39 is 4.92 Å². The summed E-state index contributed by atoms with van der Waals surface area (Å²) in [6.07, 6.45) is 1.36. The van der Waals surface area contributed by atoms with Crippen LogP contribution in [0.4, 0.5) is 5.69 Å². The predicted molar refractivity (Wildman–Crippen MR) is 59.5 cm³/mol. The molecule has 88 valence electrons. The average Bonchev–Trinajstić information content (AvgIpc) is 2.24. The molecule has 0 bridgehead atoms. The third-order valence-electron chi connectivity index (χ3n) is 1.83. The fourth-order valence-corrected chi connectivity index (χ4v) is 1.09. The molecule has 0 radical (unpaired) electrons. The summed E-state index contributed by atoms with van der Waals surface area (Å²) in [6.45, 7) is 5.19. The first-order valence-corrected chi connectivity index (χ1v) is 5.06. The standard InChI is InChI=1S/C10H15N3O3/c1-8(2)11-5-6-16-10-7-9(13(14)15)3-4-12-10/h3-4,7-8,11H,5-6H2,1-2H3. The Balaban J connectivity index is 2.42. The number of hydrogen-bond acceptors (Lipinski definition) is 5. The molecule has 0 spiro atoms. The van der Waals surface area contributed by atoms with E-state index in [1.54, 1.807) is 0 Å². The van der Waals surface area contributed by atoms with E-state index in [-0.39, 0.29) is 11.6 Å². The average molecular weight is 225 g/mol. The summed E-state index contributed by atoms with van der Waals surface area (Å²) >= 11 is 0. The third kappa shape index (κ3) is 4.22. The number of nitrogens with one attached hydrogen (secondary N) is 1. The van der Waals surface area contributed by atoms with E-state index >= 15 is 0 Å². The molecule has 1 N–H and O–H groups in total. The Hall–Kier alpha value is -1.69. The summed E-state index contributed by atoms with van der Waals surface area (Å²) in [5.41, 5.74) is -0.0122. The number of pyridine rings is 1. The van der Waals surface area contributed by atoms with Gasteiger partial charge >= 0.3 is 0 Å². The lowest BCUT2D eigenvalue weighted by molar-refractivity contribution is -0.385. The van der Waals surface area contributed by atoms with Crippen LogP contribution in [0.5, 0.6) is 5.88 Å². The second-order valence-corrected chi connectivity index (χ2v) is 3.57. The number of hydrogen-bond donors (Lipinski definition) is 1. The quantitative estimate of drug-likeness (QED) is 0.449. The van der Waals surface area contributed by atoms with Crippen molar-refractivity contribution in [3.8, 4) is 5.88 Å². The highest BCUT2D eigenvalue weighted by atomic mass is 16.6. The molecular formula is C10H15N3O3. The van der Waals surface area contributed by atoms with Crippen molar-refractivity contribution in [2.75, 3.05) is 13.2 Å². The summed E-state index contributed by atoms with van der Waals surface area (Å²) in [6, 6.07) is 3.04. The zero-order valence-corrected chi connectivity index (χ0v) is 9.34. The lowest BCUT2D eigenvalue weighted by atomic mass is 10.4. The molecule has 0 saturated carbocycles. The Morgan fingerprint density at radius 1 is 1.62 bits per heavy atom. The van der Waals surface area contributed by atoms with Gasteiger partial charge in [-0.3, -0.25) is 10.1 Å². The molecule has 1 heterocycles. The lowest BCUT2D eigenvalue weighted by Gasteiger charge is -2.08. The van der Waals surface area contributed by atoms with E-state index in [0.29, 0.717) is 19.2 Å². The zero-order valence-electron chi connectivity index (χ0n) is 9.34. The van der Waals surface area contributed by atoms with Gasteiger partial charge in [-0.1, -0.05) is 13.8 Å². The molecule has 0 aromatic carbocycles. The number of aromatic nitrogens is 1. The Morgan fingerprint density at radius 2 is 2.38 bits per heavy atom. The molecule has 0 aliphatic heterocycles. The minimum atomic E-state index is -0.471. The van der Waals surface area contributed by atoms with Gasteiger partial charge in [0.25, 0.3) is 5.69 Å². The third-order valence-corrected chi connectivity index (χ3v) is 1.83. The van der Waals surface area contributed by atoms with E-state index in [0.717, 1.165) is 0 Å². The Kier molecular flexibility index (Phi) is 4.65. The maximum atomic E-state index is 10.5. The van der Waals surface area contributed by atoms with Crippen LogP contribution in [0.25, 0.3) is 0 Å². The van der Waals surface area contributed by atoms with Crippen LogP contribution >= 0.6 is 0 Å². The van der Waals surface area contributed by atoms with Crippen LogP contribution in [0.2, 0.25) is 0 Å². The molecule has 1 aromatic heterocycles. The van der Waals surface area contributed by atoms with Crippen molar-refractivity contribution in [2.24, 2.45) is 0 Å². The highest BCUT2D eigenvalue weighted by Crippen LogP contribution is 2.15. The Morgan fingerprint density at radius 3 is 3.00 bits per heavy atom. The van der Waals surface area contributed by atoms with Crippen LogP contribution in [-0.4, -0.2) is 29.1 Å². The molecule has 16 heavy (non-hydrogen) atoms. The number of rotatable bonds is 6. The number of nitro groups is 1. The van der Waals surface area contributed by atoms with Crippen molar-refractivity contribution < 1.29 is 9.66 Å². The van der Waals surface area contributed by atoms with Gasteiger partial charge in [0.1, 0.15) is 6.61 Å². The molecule has 0 atom stereocenters. The van der Waals surface area contributed by atoms with Crippen molar-refractivity contribution in [3.05, 3.63) is 28.4 Å². The monoisotopic (exact) mass is 225 g/mol. The summed E-state index contributed by atoms with van der Waals surface area (Å²) in [7, 11) is 0. The van der Waals surface area contributed by atoms with Gasteiger partial charge in [-0.05, 0) is 0 Å². The fraction of sp³-hybridized carbons (Fsp3) is 0.500. The van der Waals surface area contributed by atoms with Gasteiger partial charge in [0.05, 0.1) is 11.0 Å². The molecule has 1 rings (SSSR count). The largest absolute Gasteiger partial charge is 0.476 e. The molecule has 6 heteroatoms. The fourth-order valence-electron chi connectivity index (χ4n) is 1.09. The molecule has 0 saturated heterocycles. The summed E-state index contributed by atoms with van der Waals surface area (Å²) in [5, 5.41) is 13.6. The SMILES string of the molecule is CC(C)NCCOc1cc([N+](=O)[O-])ccn1. The van der Waals surface area contributed by atoms with E-state index in [9.17, 15) is 10.1 Å². The zero-order chi connectivity index (χ0) is 12.0. The van der Waals surface area contributed by atoms with E-state index in [4.69, 9.17) is 4.74 Å². The van der Waals surface area contributed by atoms with Gasteiger partial charge < -0.3 is 10.1 Å². The van der Waals surface area contributed by atoms with Gasteiger partial charge in [-0.2, -0.15) is 0 Å². The van der Waals surface area contributed by atoms with Crippen molar-refractivity contribution in [1.29, 1.82) is 0 Å². The van der Waals surface area contributed by atoms with Crippen LogP contribution in [0.15, 0.2) is 18.3 Å². The van der Waals surface area contributed by atoms with E-state index in [1.165, 1.54) is 18.3 Å². The van der Waals surface area contributed by atoms with Crippen molar-refractivity contribution in [3.63, 3.8) is 0 Å². The second kappa shape index (κ2) is 6.02. The molecule has 1 aromatic rings. The highest BCUT2D eigenvalue weighted by molar-refractivity contribution is 5.32. The summed E-state index contributed by atoms with van der Waals surface area (Å²) in [5.74, 6) is 0.278. The molecule has 0 amide bonds. The first-order valence-electron chi connectivity index (χ1n) is 5.06. The lowest BCUT2D eigenvalue weighted by Crippen LogP contribution is -2.27. The first kappa shape index (κ1) is 12.4. The van der Waals surface area contributed by atoms with Gasteiger partial charge in [-0.15, -0.1) is 0 Å². The normalized spacial score (nSPS) is 10.4. The summed E-state index contributed by atoms with van der Waals surface area (Å²) < 4.78 is 5.27.